The van der Waals surface area contributed by atoms with Crippen molar-refractivity contribution < 1.29 is 9.90 Å². The van der Waals surface area contributed by atoms with Gasteiger partial charge in [-0.3, -0.25) is 4.79 Å². The Hall–Kier alpha value is -0.570. The van der Waals surface area contributed by atoms with E-state index < -0.39 is 5.97 Å². The van der Waals surface area contributed by atoms with Gasteiger partial charge in [0.15, 0.2) is 0 Å². The van der Waals surface area contributed by atoms with Crippen molar-refractivity contribution in [3.8, 4) is 0 Å². The highest BCUT2D eigenvalue weighted by molar-refractivity contribution is 5.66. The number of carboxylic acids is 1. The highest BCUT2D eigenvalue weighted by Gasteiger charge is 2.79. The van der Waals surface area contributed by atoms with Crippen molar-refractivity contribution in [3.05, 3.63) is 0 Å². The van der Waals surface area contributed by atoms with Crippen LogP contribution in [0.2, 0.25) is 0 Å². The van der Waals surface area contributed by atoms with Gasteiger partial charge in [-0.1, -0.05) is 27.2 Å². The number of nitrogens with one attached hydrogen (secondary N) is 1. The summed E-state index contributed by atoms with van der Waals surface area (Å²) in [6.07, 6.45) is 10.9. The van der Waals surface area contributed by atoms with E-state index in [9.17, 15) is 9.90 Å². The van der Waals surface area contributed by atoms with Gasteiger partial charge in [0.05, 0.1) is 0 Å². The zero-order valence-corrected chi connectivity index (χ0v) is 16.2. The Morgan fingerprint density at radius 2 is 1.96 bits per heavy atom. The fourth-order valence-electron chi connectivity index (χ4n) is 9.52. The van der Waals surface area contributed by atoms with Gasteiger partial charge in [-0.05, 0) is 84.9 Å². The number of carboxylic acid groups (broad SMARTS) is 1. The van der Waals surface area contributed by atoms with Crippen molar-refractivity contribution in [3.63, 3.8) is 0 Å². The first-order valence-electron chi connectivity index (χ1n) is 10.8. The van der Waals surface area contributed by atoms with Crippen molar-refractivity contribution in [1.29, 1.82) is 0 Å². The van der Waals surface area contributed by atoms with Crippen LogP contribution in [0.15, 0.2) is 0 Å². The summed E-state index contributed by atoms with van der Waals surface area (Å²) in [6.45, 7) is 7.37. The molecule has 8 atom stereocenters. The molecular formula is C22H35NO2. The summed E-state index contributed by atoms with van der Waals surface area (Å²) in [5.41, 5.74) is 1.10. The van der Waals surface area contributed by atoms with Gasteiger partial charge < -0.3 is 10.4 Å². The molecule has 6 fully saturated rings. The molecular weight excluding hydrogens is 310 g/mol. The van der Waals surface area contributed by atoms with Crippen LogP contribution in [-0.4, -0.2) is 23.2 Å². The molecule has 0 radical (unpaired) electrons. The van der Waals surface area contributed by atoms with Crippen LogP contribution >= 0.6 is 0 Å². The van der Waals surface area contributed by atoms with E-state index in [0.717, 1.165) is 30.2 Å². The third kappa shape index (κ3) is 1.71. The molecule has 25 heavy (non-hydrogen) atoms. The van der Waals surface area contributed by atoms with Gasteiger partial charge in [-0.2, -0.15) is 0 Å². The summed E-state index contributed by atoms with van der Waals surface area (Å²) in [5.74, 6) is 2.39. The van der Waals surface area contributed by atoms with E-state index in [2.05, 4.69) is 26.1 Å². The van der Waals surface area contributed by atoms with Gasteiger partial charge in [0.1, 0.15) is 0 Å². The van der Waals surface area contributed by atoms with Gasteiger partial charge in [0, 0.05) is 18.5 Å². The summed E-state index contributed by atoms with van der Waals surface area (Å²) in [5, 5.41) is 13.8. The number of piperidine rings is 2. The lowest BCUT2D eigenvalue weighted by Gasteiger charge is -2.76. The molecule has 0 aromatic heterocycles. The molecule has 4 aliphatic carbocycles. The number of aliphatic carboxylic acids is 1. The zero-order chi connectivity index (χ0) is 17.6. The van der Waals surface area contributed by atoms with Gasteiger partial charge in [-0.25, -0.2) is 0 Å². The third-order valence-electron chi connectivity index (χ3n) is 10.2. The van der Waals surface area contributed by atoms with Crippen LogP contribution in [0.4, 0.5) is 0 Å². The molecule has 0 aromatic rings. The molecule has 2 unspecified atom stereocenters. The van der Waals surface area contributed by atoms with Crippen LogP contribution in [0.25, 0.3) is 0 Å². The number of rotatable bonds is 4. The maximum absolute atomic E-state index is 11.6. The van der Waals surface area contributed by atoms with Crippen molar-refractivity contribution >= 4 is 5.97 Å². The third-order valence-corrected chi connectivity index (χ3v) is 10.2. The molecule has 6 bridgehead atoms. The molecule has 4 saturated carbocycles. The Morgan fingerprint density at radius 3 is 2.68 bits per heavy atom. The van der Waals surface area contributed by atoms with Crippen LogP contribution < -0.4 is 5.32 Å². The Balaban J connectivity index is 1.68. The second kappa shape index (κ2) is 5.03. The van der Waals surface area contributed by atoms with Crippen LogP contribution in [0.1, 0.15) is 78.6 Å². The average Bonchev–Trinajstić information content (AvgIpc) is 3.12. The predicted octanol–water partition coefficient (Wildman–Crippen LogP) is 4.46. The van der Waals surface area contributed by atoms with E-state index in [1.54, 1.807) is 0 Å². The Morgan fingerprint density at radius 1 is 1.16 bits per heavy atom. The molecule has 140 valence electrons. The largest absolute Gasteiger partial charge is 0.481 e. The molecule has 2 aliphatic heterocycles. The maximum Gasteiger partial charge on any atom is 0.303 e. The van der Waals surface area contributed by atoms with Gasteiger partial charge in [0.2, 0.25) is 0 Å². The molecule has 2 heterocycles. The minimum Gasteiger partial charge on any atom is -0.481 e. The Bertz CT molecular complexity index is 603. The van der Waals surface area contributed by atoms with Crippen LogP contribution in [-0.2, 0) is 4.79 Å². The quantitative estimate of drug-likeness (QED) is 0.791. The summed E-state index contributed by atoms with van der Waals surface area (Å²) in [6, 6.07) is 1.28. The molecule has 6 rings (SSSR count). The highest BCUT2D eigenvalue weighted by atomic mass is 16.4. The second-order valence-electron chi connectivity index (χ2n) is 10.7. The first kappa shape index (κ1) is 16.6. The lowest BCUT2D eigenvalue weighted by Crippen LogP contribution is -2.80. The van der Waals surface area contributed by atoms with Gasteiger partial charge in [-0.15, -0.1) is 0 Å². The second-order valence-corrected chi connectivity index (χ2v) is 10.7. The Labute approximate surface area is 152 Å². The molecule has 2 N–H and O–H groups in total. The maximum atomic E-state index is 11.6. The molecule has 0 amide bonds. The minimum absolute atomic E-state index is 0.227. The fraction of sp³-hybridized carbons (Fsp3) is 0.955. The summed E-state index contributed by atoms with van der Waals surface area (Å²) < 4.78 is 0. The summed E-state index contributed by atoms with van der Waals surface area (Å²) >= 11 is 0. The lowest BCUT2D eigenvalue weighted by atomic mass is 9.33. The molecule has 1 spiro atoms. The summed E-state index contributed by atoms with van der Waals surface area (Å²) in [7, 11) is 0. The Kier molecular flexibility index (Phi) is 3.34. The molecule has 6 aliphatic rings. The van der Waals surface area contributed by atoms with Crippen LogP contribution in [0, 0.1) is 39.9 Å². The smallest absolute Gasteiger partial charge is 0.303 e. The lowest BCUT2D eigenvalue weighted by molar-refractivity contribution is -0.247. The molecule has 2 saturated heterocycles. The van der Waals surface area contributed by atoms with Crippen LogP contribution in [0.3, 0.4) is 0 Å². The number of hydrogen-bond acceptors (Lipinski definition) is 2. The van der Waals surface area contributed by atoms with E-state index >= 15 is 0 Å². The predicted molar refractivity (Wildman–Crippen MR) is 98.2 cm³/mol. The standard InChI is InChI=1S/C22H35NO2/c1-13(2)14-6-10-20(3)15-7-11-21-9-4-5-16(21)22(20,12-8-17(24)25)18(14)23-19(15)21/h13-16,18-19,23H,4-12H2,1-3H3,(H,24,25)/t14-,15-,16?,18+,19?,20+,21-,22+/m1/s1. The highest BCUT2D eigenvalue weighted by Crippen LogP contribution is 2.80. The van der Waals surface area contributed by atoms with Crippen molar-refractivity contribution in [1.82, 2.24) is 5.32 Å². The molecule has 3 nitrogen and oxygen atoms in total. The van der Waals surface area contributed by atoms with E-state index in [0.29, 0.717) is 29.2 Å². The summed E-state index contributed by atoms with van der Waals surface area (Å²) in [4.78, 5) is 11.6. The fourth-order valence-corrected chi connectivity index (χ4v) is 9.52. The topological polar surface area (TPSA) is 49.3 Å². The van der Waals surface area contributed by atoms with Crippen LogP contribution in [0.5, 0.6) is 0 Å². The first-order valence-corrected chi connectivity index (χ1v) is 10.8. The molecule has 0 aromatic carbocycles. The van der Waals surface area contributed by atoms with E-state index in [-0.39, 0.29) is 5.41 Å². The van der Waals surface area contributed by atoms with Crippen molar-refractivity contribution in [2.75, 3.05) is 0 Å². The van der Waals surface area contributed by atoms with Crippen molar-refractivity contribution in [2.45, 2.75) is 90.6 Å². The molecule has 3 heteroatoms. The van der Waals surface area contributed by atoms with E-state index in [1.807, 2.05) is 0 Å². The normalized spacial score (nSPS) is 55.6. The first-order chi connectivity index (χ1) is 11.9. The van der Waals surface area contributed by atoms with Crippen molar-refractivity contribution in [2.24, 2.45) is 39.9 Å². The minimum atomic E-state index is -0.593. The number of hydrogen-bond donors (Lipinski definition) is 2. The van der Waals surface area contributed by atoms with Gasteiger partial charge >= 0.3 is 5.97 Å². The SMILES string of the molecule is CC(C)[C@H]1CC[C@@]2(C)[C@@H]3CC[C@]45CCCC4[C@@]2(CCC(=O)O)[C@H]1NC35. The number of carbonyl (C=O) groups is 1. The zero-order valence-electron chi connectivity index (χ0n) is 16.2. The average molecular weight is 346 g/mol. The van der Waals surface area contributed by atoms with Gasteiger partial charge in [0.25, 0.3) is 0 Å². The monoisotopic (exact) mass is 345 g/mol. The van der Waals surface area contributed by atoms with E-state index in [1.165, 1.54) is 44.9 Å². The van der Waals surface area contributed by atoms with E-state index in [4.69, 9.17) is 0 Å².